The summed E-state index contributed by atoms with van der Waals surface area (Å²) in [7, 11) is 0. The molecule has 18 heavy (non-hydrogen) atoms. The van der Waals surface area contributed by atoms with Crippen LogP contribution in [0.3, 0.4) is 0 Å². The molecule has 0 saturated heterocycles. The van der Waals surface area contributed by atoms with Gasteiger partial charge in [0.1, 0.15) is 6.26 Å². The Morgan fingerprint density at radius 1 is 1.33 bits per heavy atom. The summed E-state index contributed by atoms with van der Waals surface area (Å²) in [5, 5.41) is 7.60. The molecule has 0 aliphatic heterocycles. The Labute approximate surface area is 105 Å². The summed E-state index contributed by atoms with van der Waals surface area (Å²) in [6.07, 6.45) is 1.45. The fourth-order valence-electron chi connectivity index (χ4n) is 1.65. The molecule has 2 N–H and O–H groups in total. The summed E-state index contributed by atoms with van der Waals surface area (Å²) in [6, 6.07) is 1.39. The summed E-state index contributed by atoms with van der Waals surface area (Å²) in [5.41, 5.74) is 6.56. The van der Waals surface area contributed by atoms with Crippen molar-refractivity contribution in [2.24, 2.45) is 5.73 Å². The Balaban J connectivity index is 2.05. The summed E-state index contributed by atoms with van der Waals surface area (Å²) in [5.74, 6) is 0.814. The second kappa shape index (κ2) is 5.74. The fourth-order valence-corrected chi connectivity index (χ4v) is 1.65. The zero-order valence-electron chi connectivity index (χ0n) is 10.5. The van der Waals surface area contributed by atoms with Gasteiger partial charge in [-0.05, 0) is 13.1 Å². The van der Waals surface area contributed by atoms with Gasteiger partial charge in [0, 0.05) is 12.6 Å². The molecule has 0 aliphatic carbocycles. The van der Waals surface area contributed by atoms with Crippen LogP contribution in [0.2, 0.25) is 0 Å². The minimum absolute atomic E-state index is 0.269. The van der Waals surface area contributed by atoms with E-state index >= 15 is 0 Å². The molecule has 0 aliphatic rings. The van der Waals surface area contributed by atoms with Gasteiger partial charge >= 0.3 is 0 Å². The van der Waals surface area contributed by atoms with Crippen LogP contribution >= 0.6 is 0 Å². The Hall–Kier alpha value is -1.73. The van der Waals surface area contributed by atoms with Gasteiger partial charge in [0.25, 0.3) is 5.89 Å². The lowest BCUT2D eigenvalue weighted by molar-refractivity contribution is 0.278. The van der Waals surface area contributed by atoms with E-state index in [4.69, 9.17) is 14.8 Å². The lowest BCUT2D eigenvalue weighted by atomic mass is 10.2. The summed E-state index contributed by atoms with van der Waals surface area (Å²) in [4.78, 5) is 6.43. The van der Waals surface area contributed by atoms with Crippen molar-refractivity contribution in [3.05, 3.63) is 18.2 Å². The number of hydrogen-bond acceptors (Lipinski definition) is 7. The molecule has 2 rings (SSSR count). The quantitative estimate of drug-likeness (QED) is 0.820. The lowest BCUT2D eigenvalue weighted by Crippen LogP contribution is -2.32. The maximum Gasteiger partial charge on any atom is 0.280 e. The summed E-state index contributed by atoms with van der Waals surface area (Å²) in [6.45, 7) is 6.77. The van der Waals surface area contributed by atoms with E-state index in [-0.39, 0.29) is 6.04 Å². The van der Waals surface area contributed by atoms with Gasteiger partial charge in [0.05, 0.1) is 6.04 Å². The Morgan fingerprint density at radius 3 is 2.72 bits per heavy atom. The van der Waals surface area contributed by atoms with Gasteiger partial charge in [-0.2, -0.15) is 4.98 Å². The Morgan fingerprint density at radius 2 is 2.11 bits per heavy atom. The van der Waals surface area contributed by atoms with Crippen molar-refractivity contribution in [2.75, 3.05) is 19.6 Å². The van der Waals surface area contributed by atoms with Crippen LogP contribution in [0, 0.1) is 0 Å². The number of hydrogen-bond donors (Lipinski definition) is 1. The first-order valence-corrected chi connectivity index (χ1v) is 5.96. The van der Waals surface area contributed by atoms with Crippen molar-refractivity contribution in [3.8, 4) is 11.6 Å². The smallest absolute Gasteiger partial charge is 0.280 e. The molecule has 0 saturated carbocycles. The second-order valence-electron chi connectivity index (χ2n) is 3.93. The molecule has 0 aromatic carbocycles. The maximum atomic E-state index is 6.04. The SMILES string of the molecule is CCN(CC)CC(N)c1noc(-c2ccon2)n1. The highest BCUT2D eigenvalue weighted by Crippen LogP contribution is 2.16. The average Bonchev–Trinajstić information content (AvgIpc) is 3.04. The van der Waals surface area contributed by atoms with Crippen LogP contribution in [0.1, 0.15) is 25.7 Å². The summed E-state index contributed by atoms with van der Waals surface area (Å²) >= 11 is 0. The first kappa shape index (κ1) is 12.7. The van der Waals surface area contributed by atoms with Gasteiger partial charge < -0.3 is 19.7 Å². The highest BCUT2D eigenvalue weighted by atomic mass is 16.5. The van der Waals surface area contributed by atoms with Crippen molar-refractivity contribution in [1.29, 1.82) is 0 Å². The van der Waals surface area contributed by atoms with Crippen LogP contribution in [0.15, 0.2) is 21.4 Å². The van der Waals surface area contributed by atoms with Crippen molar-refractivity contribution in [3.63, 3.8) is 0 Å². The largest absolute Gasteiger partial charge is 0.364 e. The van der Waals surface area contributed by atoms with E-state index in [1.165, 1.54) is 6.26 Å². The molecule has 0 spiro atoms. The third-order valence-electron chi connectivity index (χ3n) is 2.78. The lowest BCUT2D eigenvalue weighted by Gasteiger charge is -2.20. The van der Waals surface area contributed by atoms with E-state index in [9.17, 15) is 0 Å². The maximum absolute atomic E-state index is 6.04. The summed E-state index contributed by atoms with van der Waals surface area (Å²) < 4.78 is 9.82. The van der Waals surface area contributed by atoms with Crippen LogP contribution in [0.5, 0.6) is 0 Å². The zero-order chi connectivity index (χ0) is 13.0. The number of nitrogens with zero attached hydrogens (tertiary/aromatic N) is 4. The number of nitrogens with two attached hydrogens (primary N) is 1. The Kier molecular flexibility index (Phi) is 4.06. The minimum atomic E-state index is -0.269. The third kappa shape index (κ3) is 2.74. The highest BCUT2D eigenvalue weighted by molar-refractivity contribution is 5.44. The molecule has 2 aromatic heterocycles. The minimum Gasteiger partial charge on any atom is -0.364 e. The van der Waals surface area contributed by atoms with Crippen LogP contribution < -0.4 is 5.73 Å². The predicted molar refractivity (Wildman–Crippen MR) is 64.5 cm³/mol. The van der Waals surface area contributed by atoms with Gasteiger partial charge in [0.15, 0.2) is 11.5 Å². The average molecular weight is 251 g/mol. The second-order valence-corrected chi connectivity index (χ2v) is 3.93. The van der Waals surface area contributed by atoms with Crippen LogP contribution in [0.25, 0.3) is 11.6 Å². The molecule has 0 radical (unpaired) electrons. The zero-order valence-corrected chi connectivity index (χ0v) is 10.5. The van der Waals surface area contributed by atoms with Gasteiger partial charge in [-0.3, -0.25) is 0 Å². The number of aromatic nitrogens is 3. The van der Waals surface area contributed by atoms with E-state index in [1.54, 1.807) is 6.07 Å². The topological polar surface area (TPSA) is 94.2 Å². The predicted octanol–water partition coefficient (Wildman–Crippen LogP) is 1.07. The number of likely N-dealkylation sites (N-methyl/N-ethyl adjacent to an activating group) is 1. The normalized spacial score (nSPS) is 13.1. The first-order valence-electron chi connectivity index (χ1n) is 5.96. The van der Waals surface area contributed by atoms with Crippen molar-refractivity contribution >= 4 is 0 Å². The van der Waals surface area contributed by atoms with Gasteiger partial charge in [-0.15, -0.1) is 0 Å². The van der Waals surface area contributed by atoms with Crippen molar-refractivity contribution in [2.45, 2.75) is 19.9 Å². The van der Waals surface area contributed by atoms with Crippen LogP contribution in [-0.4, -0.2) is 39.8 Å². The van der Waals surface area contributed by atoms with Crippen molar-refractivity contribution < 1.29 is 9.05 Å². The molecule has 7 nitrogen and oxygen atoms in total. The van der Waals surface area contributed by atoms with E-state index in [1.807, 2.05) is 0 Å². The molecule has 1 unspecified atom stereocenters. The molecule has 2 heterocycles. The molecule has 0 bridgehead atoms. The number of rotatable bonds is 6. The van der Waals surface area contributed by atoms with Gasteiger partial charge in [0.2, 0.25) is 0 Å². The monoisotopic (exact) mass is 251 g/mol. The van der Waals surface area contributed by atoms with Crippen molar-refractivity contribution in [1.82, 2.24) is 20.2 Å². The first-order chi connectivity index (χ1) is 8.74. The molecule has 1 atom stereocenters. The molecular formula is C11H17N5O2. The van der Waals surface area contributed by atoms with E-state index in [0.29, 0.717) is 24.0 Å². The highest BCUT2D eigenvalue weighted by Gasteiger charge is 2.18. The molecule has 7 heteroatoms. The van der Waals surface area contributed by atoms with E-state index in [2.05, 4.69) is 34.0 Å². The van der Waals surface area contributed by atoms with Crippen LogP contribution in [-0.2, 0) is 0 Å². The molecule has 0 amide bonds. The van der Waals surface area contributed by atoms with Gasteiger partial charge in [-0.25, -0.2) is 0 Å². The molecule has 0 fully saturated rings. The van der Waals surface area contributed by atoms with E-state index < -0.39 is 0 Å². The fraction of sp³-hybridized carbons (Fsp3) is 0.545. The third-order valence-corrected chi connectivity index (χ3v) is 2.78. The van der Waals surface area contributed by atoms with E-state index in [0.717, 1.165) is 13.1 Å². The molecule has 98 valence electrons. The van der Waals surface area contributed by atoms with Gasteiger partial charge in [-0.1, -0.05) is 24.2 Å². The standard InChI is InChI=1S/C11H17N5O2/c1-3-16(4-2)7-8(12)10-13-11(18-15-10)9-5-6-17-14-9/h5-6,8H,3-4,7,12H2,1-2H3. The molecule has 2 aromatic rings. The Bertz CT molecular complexity index is 463. The molecular weight excluding hydrogens is 234 g/mol. The van der Waals surface area contributed by atoms with Crippen LogP contribution in [0.4, 0.5) is 0 Å².